The number of nitrogens with one attached hydrogen (secondary N) is 1. The van der Waals surface area contributed by atoms with Gasteiger partial charge in [-0.25, -0.2) is 0 Å². The first kappa shape index (κ1) is 14.5. The highest BCUT2D eigenvalue weighted by molar-refractivity contribution is 6.31. The van der Waals surface area contributed by atoms with Crippen LogP contribution < -0.4 is 5.32 Å². The SMILES string of the molecule is Cc1ccc(CNCC(O)CC(C)C)c(Cl)c1. The standard InChI is InChI=1S/C14H22ClNO/c1-10(2)6-13(17)9-16-8-12-5-4-11(3)7-14(12)15/h4-5,7,10,13,16-17H,6,8-9H2,1-3H3. The molecule has 17 heavy (non-hydrogen) atoms. The molecule has 0 aliphatic rings. The summed E-state index contributed by atoms with van der Waals surface area (Å²) in [5.74, 6) is 0.523. The Morgan fingerprint density at radius 3 is 2.65 bits per heavy atom. The van der Waals surface area contributed by atoms with E-state index in [1.54, 1.807) is 0 Å². The molecule has 1 atom stereocenters. The minimum atomic E-state index is -0.278. The molecule has 0 aliphatic heterocycles. The second-order valence-corrected chi connectivity index (χ2v) is 5.42. The van der Waals surface area contributed by atoms with Gasteiger partial charge in [-0.2, -0.15) is 0 Å². The molecule has 1 aromatic rings. The zero-order valence-corrected chi connectivity index (χ0v) is 11.6. The third-order valence-corrected chi connectivity index (χ3v) is 3.00. The molecule has 2 N–H and O–H groups in total. The molecular weight excluding hydrogens is 234 g/mol. The van der Waals surface area contributed by atoms with E-state index in [1.807, 2.05) is 25.1 Å². The molecule has 0 aromatic heterocycles. The van der Waals surface area contributed by atoms with Gasteiger partial charge in [0.25, 0.3) is 0 Å². The fraction of sp³-hybridized carbons (Fsp3) is 0.571. The van der Waals surface area contributed by atoms with E-state index in [9.17, 15) is 5.11 Å². The molecular formula is C14H22ClNO. The maximum absolute atomic E-state index is 9.72. The first-order valence-electron chi connectivity index (χ1n) is 6.13. The summed E-state index contributed by atoms with van der Waals surface area (Å²) in [5.41, 5.74) is 2.24. The number of halogens is 1. The van der Waals surface area contributed by atoms with Gasteiger partial charge >= 0.3 is 0 Å². The Labute approximate surface area is 109 Å². The van der Waals surface area contributed by atoms with Crippen LogP contribution in [0, 0.1) is 12.8 Å². The van der Waals surface area contributed by atoms with Crippen LogP contribution in [-0.2, 0) is 6.54 Å². The Hall–Kier alpha value is -0.570. The number of rotatable bonds is 6. The van der Waals surface area contributed by atoms with Crippen LogP contribution in [0.5, 0.6) is 0 Å². The largest absolute Gasteiger partial charge is 0.392 e. The molecule has 0 heterocycles. The lowest BCUT2D eigenvalue weighted by molar-refractivity contribution is 0.146. The van der Waals surface area contributed by atoms with Gasteiger partial charge < -0.3 is 10.4 Å². The second-order valence-electron chi connectivity index (χ2n) is 5.01. The third-order valence-electron chi connectivity index (χ3n) is 2.65. The van der Waals surface area contributed by atoms with Gasteiger partial charge in [0.1, 0.15) is 0 Å². The lowest BCUT2D eigenvalue weighted by Gasteiger charge is -2.14. The number of aliphatic hydroxyl groups excluding tert-OH is 1. The van der Waals surface area contributed by atoms with Gasteiger partial charge in [0, 0.05) is 18.1 Å². The van der Waals surface area contributed by atoms with Crippen molar-refractivity contribution in [2.45, 2.75) is 39.8 Å². The Morgan fingerprint density at radius 1 is 1.35 bits per heavy atom. The molecule has 1 rings (SSSR count). The Kier molecular flexibility index (Phi) is 5.96. The summed E-state index contributed by atoms with van der Waals surface area (Å²) in [7, 11) is 0. The number of benzene rings is 1. The summed E-state index contributed by atoms with van der Waals surface area (Å²) >= 11 is 6.13. The van der Waals surface area contributed by atoms with Crippen molar-refractivity contribution in [2.24, 2.45) is 5.92 Å². The number of aryl methyl sites for hydroxylation is 1. The average Bonchev–Trinajstić information content (AvgIpc) is 2.20. The molecule has 0 saturated carbocycles. The summed E-state index contributed by atoms with van der Waals surface area (Å²) in [5, 5.41) is 13.7. The Balaban J connectivity index is 2.35. The minimum absolute atomic E-state index is 0.278. The predicted molar refractivity (Wildman–Crippen MR) is 73.4 cm³/mol. The quantitative estimate of drug-likeness (QED) is 0.819. The van der Waals surface area contributed by atoms with Crippen LogP contribution in [0.15, 0.2) is 18.2 Å². The van der Waals surface area contributed by atoms with Gasteiger partial charge in [-0.15, -0.1) is 0 Å². The fourth-order valence-electron chi connectivity index (χ4n) is 1.80. The molecule has 96 valence electrons. The van der Waals surface area contributed by atoms with Crippen LogP contribution in [0.4, 0.5) is 0 Å². The van der Waals surface area contributed by atoms with Crippen molar-refractivity contribution < 1.29 is 5.11 Å². The Morgan fingerprint density at radius 2 is 2.06 bits per heavy atom. The summed E-state index contributed by atoms with van der Waals surface area (Å²) in [6.07, 6.45) is 0.550. The summed E-state index contributed by atoms with van der Waals surface area (Å²) in [6, 6.07) is 6.04. The van der Waals surface area contributed by atoms with Crippen molar-refractivity contribution in [3.8, 4) is 0 Å². The van der Waals surface area contributed by atoms with E-state index in [0.29, 0.717) is 19.0 Å². The van der Waals surface area contributed by atoms with Crippen molar-refractivity contribution in [3.05, 3.63) is 34.3 Å². The summed E-state index contributed by atoms with van der Waals surface area (Å²) < 4.78 is 0. The number of hydrogen-bond acceptors (Lipinski definition) is 2. The molecule has 0 fully saturated rings. The van der Waals surface area contributed by atoms with Crippen LogP contribution in [-0.4, -0.2) is 17.8 Å². The van der Waals surface area contributed by atoms with E-state index in [1.165, 1.54) is 5.56 Å². The van der Waals surface area contributed by atoms with E-state index in [4.69, 9.17) is 11.6 Å². The van der Waals surface area contributed by atoms with Crippen LogP contribution in [0.25, 0.3) is 0 Å². The summed E-state index contributed by atoms with van der Waals surface area (Å²) in [6.45, 7) is 7.56. The van der Waals surface area contributed by atoms with Gasteiger partial charge in [0.05, 0.1) is 6.10 Å². The minimum Gasteiger partial charge on any atom is -0.392 e. The van der Waals surface area contributed by atoms with Crippen molar-refractivity contribution in [1.29, 1.82) is 0 Å². The fourth-order valence-corrected chi connectivity index (χ4v) is 2.10. The Bertz CT molecular complexity index is 352. The van der Waals surface area contributed by atoms with Crippen LogP contribution >= 0.6 is 11.6 Å². The maximum Gasteiger partial charge on any atom is 0.0667 e. The topological polar surface area (TPSA) is 32.3 Å². The van der Waals surface area contributed by atoms with Crippen molar-refractivity contribution in [2.75, 3.05) is 6.54 Å². The molecule has 3 heteroatoms. The zero-order valence-electron chi connectivity index (χ0n) is 10.8. The molecule has 1 unspecified atom stereocenters. The first-order chi connectivity index (χ1) is 7.99. The normalized spacial score (nSPS) is 13.1. The van der Waals surface area contributed by atoms with E-state index in [-0.39, 0.29) is 6.10 Å². The van der Waals surface area contributed by atoms with E-state index < -0.39 is 0 Å². The lowest BCUT2D eigenvalue weighted by Crippen LogP contribution is -2.27. The molecule has 0 bridgehead atoms. The smallest absolute Gasteiger partial charge is 0.0667 e. The van der Waals surface area contributed by atoms with Gasteiger partial charge in [0.2, 0.25) is 0 Å². The summed E-state index contributed by atoms with van der Waals surface area (Å²) in [4.78, 5) is 0. The van der Waals surface area contributed by atoms with Gasteiger partial charge in [0.15, 0.2) is 0 Å². The number of aliphatic hydroxyl groups is 1. The second kappa shape index (κ2) is 7.00. The van der Waals surface area contributed by atoms with Crippen LogP contribution in [0.2, 0.25) is 5.02 Å². The van der Waals surface area contributed by atoms with Crippen LogP contribution in [0.3, 0.4) is 0 Å². The molecule has 0 saturated heterocycles. The van der Waals surface area contributed by atoms with Gasteiger partial charge in [-0.05, 0) is 36.5 Å². The van der Waals surface area contributed by atoms with E-state index >= 15 is 0 Å². The molecule has 0 aliphatic carbocycles. The third kappa shape index (κ3) is 5.53. The lowest BCUT2D eigenvalue weighted by atomic mass is 10.1. The molecule has 0 spiro atoms. The van der Waals surface area contributed by atoms with Gasteiger partial charge in [-0.1, -0.05) is 37.6 Å². The first-order valence-corrected chi connectivity index (χ1v) is 6.50. The van der Waals surface area contributed by atoms with Crippen molar-refractivity contribution in [1.82, 2.24) is 5.32 Å². The monoisotopic (exact) mass is 255 g/mol. The van der Waals surface area contributed by atoms with E-state index in [2.05, 4.69) is 19.2 Å². The highest BCUT2D eigenvalue weighted by atomic mass is 35.5. The molecule has 1 aromatic carbocycles. The predicted octanol–water partition coefficient (Wildman–Crippen LogP) is 3.15. The average molecular weight is 256 g/mol. The van der Waals surface area contributed by atoms with Crippen molar-refractivity contribution >= 4 is 11.6 Å². The number of hydrogen-bond donors (Lipinski definition) is 2. The zero-order chi connectivity index (χ0) is 12.8. The van der Waals surface area contributed by atoms with Crippen LogP contribution in [0.1, 0.15) is 31.4 Å². The maximum atomic E-state index is 9.72. The highest BCUT2D eigenvalue weighted by Crippen LogP contribution is 2.17. The molecule has 2 nitrogen and oxygen atoms in total. The van der Waals surface area contributed by atoms with Gasteiger partial charge in [-0.3, -0.25) is 0 Å². The van der Waals surface area contributed by atoms with Crippen molar-refractivity contribution in [3.63, 3.8) is 0 Å². The van der Waals surface area contributed by atoms with E-state index in [0.717, 1.165) is 17.0 Å². The molecule has 0 radical (unpaired) electrons. The highest BCUT2D eigenvalue weighted by Gasteiger charge is 2.07. The molecule has 0 amide bonds.